The van der Waals surface area contributed by atoms with E-state index in [1.165, 1.54) is 26.4 Å². The molecule has 6 aromatic carbocycles. The number of carbonyl (C=O) groups is 3. The summed E-state index contributed by atoms with van der Waals surface area (Å²) in [5.74, 6) is -1.11. The topological polar surface area (TPSA) is 222 Å². The smallest absolute Gasteiger partial charge is 0.339 e. The van der Waals surface area contributed by atoms with Crippen molar-refractivity contribution in [2.45, 2.75) is 44.8 Å². The molecule has 2 saturated heterocycles. The third kappa shape index (κ3) is 9.37. The Morgan fingerprint density at radius 1 is 0.652 bits per heavy atom. The van der Waals surface area contributed by atoms with Crippen molar-refractivity contribution in [2.75, 3.05) is 68.3 Å². The summed E-state index contributed by atoms with van der Waals surface area (Å²) in [6, 6.07) is 28.4. The van der Waals surface area contributed by atoms with Crippen molar-refractivity contribution in [1.29, 1.82) is 0 Å². The average Bonchev–Trinajstić information content (AvgIpc) is 3.35. The lowest BCUT2D eigenvalue weighted by molar-refractivity contribution is -0.151. The van der Waals surface area contributed by atoms with Gasteiger partial charge >= 0.3 is 5.97 Å². The summed E-state index contributed by atoms with van der Waals surface area (Å²) >= 11 is 0. The maximum atomic E-state index is 13.5. The van der Waals surface area contributed by atoms with Crippen LogP contribution >= 0.6 is 0 Å². The maximum Gasteiger partial charge on any atom is 0.339 e. The van der Waals surface area contributed by atoms with Gasteiger partial charge in [-0.1, -0.05) is 86.6 Å². The predicted octanol–water partition coefficient (Wildman–Crippen LogP) is 5.58. The van der Waals surface area contributed by atoms with Gasteiger partial charge in [0.15, 0.2) is 11.5 Å². The number of carboxylic acid groups (broad SMARTS) is 1. The Hall–Kier alpha value is -7.79. The van der Waals surface area contributed by atoms with Crippen LogP contribution in [0.25, 0.3) is 0 Å². The third-order valence-electron chi connectivity index (χ3n) is 11.7. The number of morpholine rings is 1. The van der Waals surface area contributed by atoms with Gasteiger partial charge in [-0.05, 0) is 48.2 Å². The number of aromatic carboxylic acids is 1. The summed E-state index contributed by atoms with van der Waals surface area (Å²) in [6.45, 7) is 5.62. The fourth-order valence-electron chi connectivity index (χ4n) is 8.22. The summed E-state index contributed by atoms with van der Waals surface area (Å²) in [4.78, 5) is 89.7. The first-order valence-corrected chi connectivity index (χ1v) is 21.5. The first kappa shape index (κ1) is 46.2. The lowest BCUT2D eigenvalue weighted by Crippen LogP contribution is -2.61. The minimum atomic E-state index is -1.15. The lowest BCUT2D eigenvalue weighted by atomic mass is 10.0. The summed E-state index contributed by atoms with van der Waals surface area (Å²) in [5.41, 5.74) is 1.11. The molecule has 0 bridgehead atoms. The normalized spacial score (nSPS) is 15.5. The molecule has 0 aromatic heterocycles. The number of amides is 2. The van der Waals surface area contributed by atoms with Crippen LogP contribution in [0.5, 0.6) is 11.5 Å². The van der Waals surface area contributed by atoms with Gasteiger partial charge in [-0.3, -0.25) is 28.8 Å². The van der Waals surface area contributed by atoms with E-state index in [1.54, 1.807) is 34.1 Å². The van der Waals surface area contributed by atoms with Crippen molar-refractivity contribution in [3.63, 3.8) is 0 Å². The van der Waals surface area contributed by atoms with Gasteiger partial charge in [-0.2, -0.15) is 0 Å². The Bertz CT molecular complexity index is 2870. The van der Waals surface area contributed by atoms with Gasteiger partial charge in [0, 0.05) is 19.6 Å². The van der Waals surface area contributed by atoms with Crippen LogP contribution in [-0.2, 0) is 9.53 Å². The highest BCUT2D eigenvalue weighted by Gasteiger charge is 2.37. The van der Waals surface area contributed by atoms with Gasteiger partial charge in [0.2, 0.25) is 5.91 Å². The quantitative estimate of drug-likeness (QED) is 0.0749. The van der Waals surface area contributed by atoms with Crippen molar-refractivity contribution in [3.05, 3.63) is 160 Å². The van der Waals surface area contributed by atoms with E-state index in [2.05, 4.69) is 21.3 Å². The fourth-order valence-corrected chi connectivity index (χ4v) is 8.22. The Balaban J connectivity index is 0.000000206. The number of anilines is 6. The molecule has 6 aromatic rings. The molecule has 0 saturated carbocycles. The minimum Gasteiger partial charge on any atom is -0.494 e. The van der Waals surface area contributed by atoms with Crippen LogP contribution in [0, 0.1) is 0 Å². The number of rotatable bonds is 16. The van der Waals surface area contributed by atoms with Gasteiger partial charge < -0.3 is 50.4 Å². The van der Waals surface area contributed by atoms with Crippen LogP contribution in [0.3, 0.4) is 0 Å². The van der Waals surface area contributed by atoms with Crippen molar-refractivity contribution in [2.24, 2.45) is 0 Å². The van der Waals surface area contributed by atoms with E-state index in [0.29, 0.717) is 56.0 Å². The van der Waals surface area contributed by atoms with E-state index in [-0.39, 0.29) is 76.4 Å². The zero-order valence-electron chi connectivity index (χ0n) is 36.8. The number of hydrogen-bond acceptors (Lipinski definition) is 14. The van der Waals surface area contributed by atoms with Crippen LogP contribution in [0.2, 0.25) is 0 Å². The molecule has 2 aliphatic heterocycles. The number of benzene rings is 4. The molecule has 342 valence electrons. The Morgan fingerprint density at radius 2 is 1.12 bits per heavy atom. The zero-order chi connectivity index (χ0) is 47.1. The maximum absolute atomic E-state index is 13.5. The number of nitrogens with zero attached hydrogens (tertiary/aromatic N) is 2. The number of carbonyl (C=O) groups excluding carboxylic acids is 2. The number of piperazine rings is 1. The molecule has 8 rings (SSSR count). The van der Waals surface area contributed by atoms with Crippen molar-refractivity contribution >= 4 is 51.9 Å². The number of nitrogens with one attached hydrogen (secondary N) is 4. The SMILES string of the molecule is CC[C@@H](Nc1c(Nc2cccc(C(=O)N3CCN4C(=O)COC[C@@H]4C3)c2OC)c(=O)c1=O)c1ccccc1.CC[C@@H](Nc1c(Nc2cccc(C(=O)O)c2OC)c(=O)c1=O)c1ccccc1. The molecule has 0 radical (unpaired) electrons. The van der Waals surface area contributed by atoms with Crippen molar-refractivity contribution in [1.82, 2.24) is 9.80 Å². The molecule has 0 aliphatic carbocycles. The average molecular weight is 899 g/mol. The number of ether oxygens (including phenoxy) is 3. The number of methoxy groups -OCH3 is 2. The van der Waals surface area contributed by atoms with E-state index >= 15 is 0 Å². The molecule has 3 atom stereocenters. The summed E-state index contributed by atoms with van der Waals surface area (Å²) in [7, 11) is 2.80. The number of carboxylic acids is 1. The monoisotopic (exact) mass is 898 g/mol. The number of para-hydroxylation sites is 2. The van der Waals surface area contributed by atoms with Gasteiger partial charge in [0.05, 0.1) is 55.9 Å². The van der Waals surface area contributed by atoms with E-state index in [4.69, 9.17) is 14.2 Å². The molecule has 0 unspecified atom stereocenters. The third-order valence-corrected chi connectivity index (χ3v) is 11.7. The second-order valence-corrected chi connectivity index (χ2v) is 15.7. The van der Waals surface area contributed by atoms with E-state index in [0.717, 1.165) is 11.1 Å². The van der Waals surface area contributed by atoms with Gasteiger partial charge in [0.1, 0.15) is 34.9 Å². The van der Waals surface area contributed by atoms with Crippen LogP contribution in [0.1, 0.15) is 70.6 Å². The van der Waals surface area contributed by atoms with Crippen molar-refractivity contribution in [3.8, 4) is 11.5 Å². The van der Waals surface area contributed by atoms with Gasteiger partial charge in [0.25, 0.3) is 27.6 Å². The Kier molecular flexibility index (Phi) is 14.3. The number of fused-ring (bicyclic) bond motifs is 1. The molecular formula is C49H50N6O11. The molecule has 17 heteroatoms. The largest absolute Gasteiger partial charge is 0.494 e. The molecule has 0 spiro atoms. The highest BCUT2D eigenvalue weighted by molar-refractivity contribution is 6.00. The molecule has 2 aliphatic rings. The molecule has 17 nitrogen and oxygen atoms in total. The first-order chi connectivity index (χ1) is 31.9. The van der Waals surface area contributed by atoms with E-state index in [9.17, 15) is 38.7 Å². The van der Waals surface area contributed by atoms with Crippen LogP contribution in [-0.4, -0.2) is 85.8 Å². The molecule has 5 N–H and O–H groups in total. The molecule has 2 fully saturated rings. The Morgan fingerprint density at radius 3 is 1.59 bits per heavy atom. The highest BCUT2D eigenvalue weighted by atomic mass is 16.5. The summed E-state index contributed by atoms with van der Waals surface area (Å²) in [5, 5.41) is 21.5. The van der Waals surface area contributed by atoms with Gasteiger partial charge in [-0.15, -0.1) is 0 Å². The van der Waals surface area contributed by atoms with Crippen LogP contribution in [0.15, 0.2) is 116 Å². The minimum absolute atomic E-state index is 0.0450. The van der Waals surface area contributed by atoms with E-state index < -0.39 is 27.7 Å². The second-order valence-electron chi connectivity index (χ2n) is 15.7. The molecular weight excluding hydrogens is 849 g/mol. The Labute approximate surface area is 379 Å². The number of hydrogen-bond donors (Lipinski definition) is 5. The van der Waals surface area contributed by atoms with E-state index in [1.807, 2.05) is 74.5 Å². The zero-order valence-corrected chi connectivity index (χ0v) is 36.8. The molecule has 66 heavy (non-hydrogen) atoms. The molecule has 2 heterocycles. The van der Waals surface area contributed by atoms with Crippen LogP contribution in [0.4, 0.5) is 34.1 Å². The summed E-state index contributed by atoms with van der Waals surface area (Å²) in [6.07, 6.45) is 1.42. The van der Waals surface area contributed by atoms with Crippen LogP contribution < -0.4 is 52.5 Å². The highest BCUT2D eigenvalue weighted by Crippen LogP contribution is 2.36. The second kappa shape index (κ2) is 20.4. The first-order valence-electron chi connectivity index (χ1n) is 21.5. The summed E-state index contributed by atoms with van der Waals surface area (Å²) < 4.78 is 16.2. The molecule has 2 amide bonds. The standard InChI is InChI=1S/C28H30N4O6.C21H20N2O5/c1-3-20(17-8-5-4-6-9-17)29-23-24(26(35)25(23)34)30-21-11-7-10-19(27(21)37-2)28(36)31-12-13-32-18(14-31)15-38-16-22(32)33;1-3-14(12-8-5-4-6-9-12)22-16-17(19(25)18(16)24)23-15-11-7-10-13(21(26)27)20(15)28-2/h4-11,18,20,29-30H,3,12-16H2,1-2H3;4-11,14,22-23H,3H2,1-2H3,(H,26,27)/t18-,20+;14-/m01/s1. The van der Waals surface area contributed by atoms with Gasteiger partial charge in [-0.25, -0.2) is 4.79 Å². The predicted molar refractivity (Wildman–Crippen MR) is 251 cm³/mol. The van der Waals surface area contributed by atoms with Crippen molar-refractivity contribution < 1.29 is 33.7 Å². The fraction of sp³-hybridized carbons (Fsp3) is 0.286. The lowest BCUT2D eigenvalue weighted by Gasteiger charge is -2.43.